The molecule has 0 aromatic rings. The zero-order chi connectivity index (χ0) is 7.82. The van der Waals surface area contributed by atoms with Crippen LogP contribution in [0.2, 0.25) is 0 Å². The van der Waals surface area contributed by atoms with E-state index in [2.05, 4.69) is 13.8 Å². The predicted molar refractivity (Wildman–Crippen MR) is 46.2 cm³/mol. The van der Waals surface area contributed by atoms with Crippen molar-refractivity contribution in [1.82, 2.24) is 0 Å². The molecule has 1 unspecified atom stereocenters. The van der Waals surface area contributed by atoms with Gasteiger partial charge in [0.1, 0.15) is 0 Å². The summed E-state index contributed by atoms with van der Waals surface area (Å²) >= 11 is 0.712. The summed E-state index contributed by atoms with van der Waals surface area (Å²) in [5.74, 6) is 1.60. The van der Waals surface area contributed by atoms with E-state index in [1.165, 1.54) is 19.3 Å². The van der Waals surface area contributed by atoms with Crippen LogP contribution in [-0.2, 0) is 15.9 Å². The monoisotopic (exact) mass is 161 g/mol. The van der Waals surface area contributed by atoms with E-state index >= 15 is 0 Å². The minimum Gasteiger partial charge on any atom is -0.0654 e. The van der Waals surface area contributed by atoms with Gasteiger partial charge >= 0.3 is 11.7 Å². The minimum atomic E-state index is 0.712. The first-order valence-electron chi connectivity index (χ1n) is 4.06. The Bertz CT molecular complexity index is 83.3. The highest BCUT2D eigenvalue weighted by Gasteiger charge is 2.03. The molecule has 1 nitrogen and oxygen atoms in total. The minimum absolute atomic E-state index is 0.712. The highest BCUT2D eigenvalue weighted by Crippen LogP contribution is 2.11. The first kappa shape index (κ1) is 10.0. The van der Waals surface area contributed by atoms with Gasteiger partial charge in [-0.2, -0.15) is 0 Å². The van der Waals surface area contributed by atoms with Crippen LogP contribution in [0.25, 0.3) is 0 Å². The topological polar surface area (TPSA) is 17.1 Å². The quantitative estimate of drug-likeness (QED) is 0.432. The van der Waals surface area contributed by atoms with Crippen molar-refractivity contribution in [1.29, 1.82) is 0 Å². The lowest BCUT2D eigenvalue weighted by Crippen LogP contribution is -1.95. The summed E-state index contributed by atoms with van der Waals surface area (Å²) in [6.07, 6.45) is 4.90. The Kier molecular flexibility index (Phi) is 7.15. The summed E-state index contributed by atoms with van der Waals surface area (Å²) in [4.78, 5) is 0. The van der Waals surface area contributed by atoms with Crippen LogP contribution in [0.3, 0.4) is 0 Å². The summed E-state index contributed by atoms with van der Waals surface area (Å²) in [6, 6.07) is 0. The summed E-state index contributed by atoms with van der Waals surface area (Å²) in [7, 11) is 0. The molecule has 2 heteroatoms. The van der Waals surface area contributed by atoms with Crippen molar-refractivity contribution in [3.63, 3.8) is 0 Å². The van der Waals surface area contributed by atoms with Crippen molar-refractivity contribution < 1.29 is 4.21 Å². The van der Waals surface area contributed by atoms with Gasteiger partial charge in [-0.25, -0.2) is 0 Å². The first-order valence-corrected chi connectivity index (χ1v) is 4.97. The van der Waals surface area contributed by atoms with E-state index in [9.17, 15) is 4.21 Å². The van der Waals surface area contributed by atoms with Crippen molar-refractivity contribution >= 4 is 11.7 Å². The van der Waals surface area contributed by atoms with Gasteiger partial charge in [-0.05, 0) is 12.3 Å². The molecule has 0 N–H and O–H groups in total. The molecule has 0 aliphatic rings. The van der Waals surface area contributed by atoms with Crippen molar-refractivity contribution in [2.24, 2.45) is 5.92 Å². The molecule has 0 saturated carbocycles. The number of hydrogen-bond donors (Lipinski definition) is 0. The Labute approximate surface area is 67.7 Å². The molecular weight excluding hydrogens is 144 g/mol. The van der Waals surface area contributed by atoms with Crippen LogP contribution in [0.5, 0.6) is 0 Å². The fraction of sp³-hybridized carbons (Fsp3) is 1.00. The van der Waals surface area contributed by atoms with Crippen LogP contribution in [0.15, 0.2) is 0 Å². The van der Waals surface area contributed by atoms with Crippen LogP contribution in [0, 0.1) is 5.92 Å². The lowest BCUT2D eigenvalue weighted by molar-refractivity contribution is 0.481. The Hall–Kier alpha value is 0.0200. The molecule has 0 saturated heterocycles. The summed E-state index contributed by atoms with van der Waals surface area (Å²) in [5, 5.41) is 0. The molecule has 60 valence electrons. The molecule has 1 atom stereocenters. The Balaban J connectivity index is 3.04. The third-order valence-corrected chi connectivity index (χ3v) is 2.16. The largest absolute Gasteiger partial charge is 0.458 e. The molecule has 0 amide bonds. The average molecular weight is 161 g/mol. The van der Waals surface area contributed by atoms with Gasteiger partial charge in [0, 0.05) is 10.6 Å². The Morgan fingerprint density at radius 3 is 2.60 bits per heavy atom. The van der Waals surface area contributed by atoms with Crippen LogP contribution in [-0.4, -0.2) is 5.75 Å². The molecule has 0 aromatic heterocycles. The van der Waals surface area contributed by atoms with E-state index in [1.54, 1.807) is 0 Å². The second-order valence-corrected chi connectivity index (χ2v) is 3.50. The maximum absolute atomic E-state index is 9.99. The van der Waals surface area contributed by atoms with Gasteiger partial charge in [-0.3, -0.25) is 0 Å². The second-order valence-electron chi connectivity index (χ2n) is 2.86. The van der Waals surface area contributed by atoms with Crippen molar-refractivity contribution in [2.75, 3.05) is 5.75 Å². The highest BCUT2D eigenvalue weighted by molar-refractivity contribution is 7.65. The molecule has 0 aliphatic heterocycles. The molecule has 0 aromatic carbocycles. The second kappa shape index (κ2) is 7.13. The maximum Gasteiger partial charge on any atom is 0.458 e. The molecule has 0 fully saturated rings. The van der Waals surface area contributed by atoms with Crippen molar-refractivity contribution in [3.8, 4) is 0 Å². The van der Waals surface area contributed by atoms with Gasteiger partial charge in [-0.15, -0.1) is 0 Å². The zero-order valence-corrected chi connectivity index (χ0v) is 7.75. The molecule has 10 heavy (non-hydrogen) atoms. The first-order chi connectivity index (χ1) is 4.81. The molecule has 0 radical (unpaired) electrons. The fourth-order valence-corrected chi connectivity index (χ4v) is 1.41. The third-order valence-electron chi connectivity index (χ3n) is 1.71. The fourth-order valence-electron chi connectivity index (χ4n) is 1.13. The van der Waals surface area contributed by atoms with E-state index in [-0.39, 0.29) is 0 Å². The Morgan fingerprint density at radius 2 is 2.10 bits per heavy atom. The number of rotatable bonds is 6. The molecule has 0 rings (SSSR count). The van der Waals surface area contributed by atoms with Crippen molar-refractivity contribution in [3.05, 3.63) is 0 Å². The van der Waals surface area contributed by atoms with Gasteiger partial charge in [0.05, 0.1) is 0 Å². The van der Waals surface area contributed by atoms with E-state index in [1.807, 2.05) is 0 Å². The van der Waals surface area contributed by atoms with Crippen LogP contribution in [0.1, 0.15) is 39.5 Å². The van der Waals surface area contributed by atoms with Crippen LogP contribution < -0.4 is 0 Å². The van der Waals surface area contributed by atoms with E-state index in [4.69, 9.17) is 0 Å². The summed E-state index contributed by atoms with van der Waals surface area (Å²) < 4.78 is 9.99. The van der Waals surface area contributed by atoms with Gasteiger partial charge < -0.3 is 0 Å². The maximum atomic E-state index is 9.99. The van der Waals surface area contributed by atoms with Crippen LogP contribution >= 0.6 is 0 Å². The average Bonchev–Trinajstić information content (AvgIpc) is 1.89. The molecule has 0 spiro atoms. The van der Waals surface area contributed by atoms with Crippen LogP contribution in [0.4, 0.5) is 0 Å². The lowest BCUT2D eigenvalue weighted by Gasteiger charge is -2.05. The third kappa shape index (κ3) is 6.14. The standard InChI is InChI=1S/C8H17OS/c1-3-5-8(2)6-4-7-10-9/h8H,3-7H2,1-2H3/q+1. The molecule has 0 aliphatic carbocycles. The van der Waals surface area contributed by atoms with Gasteiger partial charge in [0.25, 0.3) is 0 Å². The van der Waals surface area contributed by atoms with Gasteiger partial charge in [0.2, 0.25) is 5.75 Å². The van der Waals surface area contributed by atoms with E-state index in [0.29, 0.717) is 11.7 Å². The van der Waals surface area contributed by atoms with Gasteiger partial charge in [-0.1, -0.05) is 26.7 Å². The van der Waals surface area contributed by atoms with Gasteiger partial charge in [0.15, 0.2) is 0 Å². The zero-order valence-electron chi connectivity index (χ0n) is 6.93. The smallest absolute Gasteiger partial charge is 0.0654 e. The lowest BCUT2D eigenvalue weighted by atomic mass is 10.0. The number of hydrogen-bond acceptors (Lipinski definition) is 1. The highest BCUT2D eigenvalue weighted by atomic mass is 32.1. The summed E-state index contributed by atoms with van der Waals surface area (Å²) in [5.41, 5.74) is 0. The van der Waals surface area contributed by atoms with Crippen molar-refractivity contribution in [2.45, 2.75) is 39.5 Å². The molecule has 0 bridgehead atoms. The Morgan fingerprint density at radius 1 is 1.40 bits per heavy atom. The predicted octanol–water partition coefficient (Wildman–Crippen LogP) is 2.63. The van der Waals surface area contributed by atoms with E-state index in [0.717, 1.165) is 18.1 Å². The van der Waals surface area contributed by atoms with E-state index < -0.39 is 0 Å². The SMILES string of the molecule is CCCC(C)CCC[S+]=O. The molecule has 0 heterocycles. The molecular formula is C8H17OS+. The summed E-state index contributed by atoms with van der Waals surface area (Å²) in [6.45, 7) is 4.47. The normalized spacial score (nSPS) is 13.0.